The standard InChI is InChI=1S/C19H27N3O4/c1-13-10-14(2)16(15(3)11-13)25-9-6-20-17(23)22-7-4-19(5-8-22)12-21-18(24)26-19/h10-11H,4-9,12H2,1-3H3,(H,20,23)(H,21,24). The fourth-order valence-corrected chi connectivity index (χ4v) is 3.72. The summed E-state index contributed by atoms with van der Waals surface area (Å²) in [7, 11) is 0. The van der Waals surface area contributed by atoms with Crippen LogP contribution in [0.2, 0.25) is 0 Å². The fraction of sp³-hybridized carbons (Fsp3) is 0.579. The topological polar surface area (TPSA) is 79.9 Å². The van der Waals surface area contributed by atoms with Crippen molar-refractivity contribution >= 4 is 12.1 Å². The van der Waals surface area contributed by atoms with Crippen LogP contribution in [-0.2, 0) is 4.74 Å². The molecule has 1 aromatic carbocycles. The molecule has 0 radical (unpaired) electrons. The number of hydrogen-bond donors (Lipinski definition) is 2. The summed E-state index contributed by atoms with van der Waals surface area (Å²) < 4.78 is 11.2. The Balaban J connectivity index is 1.41. The van der Waals surface area contributed by atoms with Crippen LogP contribution < -0.4 is 15.4 Å². The maximum Gasteiger partial charge on any atom is 0.407 e. The number of piperidine rings is 1. The van der Waals surface area contributed by atoms with Crippen molar-refractivity contribution in [1.29, 1.82) is 0 Å². The molecule has 0 saturated carbocycles. The highest BCUT2D eigenvalue weighted by atomic mass is 16.6. The zero-order chi connectivity index (χ0) is 18.7. The molecule has 1 spiro atoms. The number of urea groups is 1. The summed E-state index contributed by atoms with van der Waals surface area (Å²) in [6.45, 7) is 8.69. The highest BCUT2D eigenvalue weighted by Crippen LogP contribution is 2.29. The maximum atomic E-state index is 12.3. The van der Waals surface area contributed by atoms with Gasteiger partial charge in [0.1, 0.15) is 18.0 Å². The molecule has 0 aliphatic carbocycles. The highest BCUT2D eigenvalue weighted by molar-refractivity contribution is 5.74. The molecule has 0 unspecified atom stereocenters. The van der Waals surface area contributed by atoms with Crippen LogP contribution in [0, 0.1) is 20.8 Å². The molecule has 7 heteroatoms. The maximum absolute atomic E-state index is 12.3. The van der Waals surface area contributed by atoms with Crippen LogP contribution in [0.5, 0.6) is 5.75 Å². The lowest BCUT2D eigenvalue weighted by Gasteiger charge is -2.37. The Morgan fingerprint density at radius 3 is 2.50 bits per heavy atom. The SMILES string of the molecule is Cc1cc(C)c(OCCNC(=O)N2CCC3(CC2)CNC(=O)O3)c(C)c1. The lowest BCUT2D eigenvalue weighted by Crippen LogP contribution is -2.51. The van der Waals surface area contributed by atoms with Gasteiger partial charge in [0.25, 0.3) is 0 Å². The van der Waals surface area contributed by atoms with Crippen LogP contribution in [0.1, 0.15) is 29.5 Å². The lowest BCUT2D eigenvalue weighted by atomic mass is 9.92. The predicted octanol–water partition coefficient (Wildman–Crippen LogP) is 2.27. The Bertz CT molecular complexity index is 673. The third-order valence-electron chi connectivity index (χ3n) is 5.06. The normalized spacial score (nSPS) is 18.4. The molecule has 1 aromatic rings. The molecule has 7 nitrogen and oxygen atoms in total. The van der Waals surface area contributed by atoms with Gasteiger partial charge in [-0.15, -0.1) is 0 Å². The van der Waals surface area contributed by atoms with E-state index in [1.165, 1.54) is 5.56 Å². The number of alkyl carbamates (subject to hydrolysis) is 1. The van der Waals surface area contributed by atoms with E-state index in [1.807, 2.05) is 13.8 Å². The number of rotatable bonds is 4. The van der Waals surface area contributed by atoms with E-state index in [-0.39, 0.29) is 12.1 Å². The number of nitrogens with zero attached hydrogens (tertiary/aromatic N) is 1. The van der Waals surface area contributed by atoms with E-state index in [1.54, 1.807) is 4.90 Å². The van der Waals surface area contributed by atoms with Crippen molar-refractivity contribution in [1.82, 2.24) is 15.5 Å². The molecule has 0 bridgehead atoms. The van der Waals surface area contributed by atoms with Crippen LogP contribution in [0.15, 0.2) is 12.1 Å². The second-order valence-electron chi connectivity index (χ2n) is 7.22. The number of aryl methyl sites for hydroxylation is 3. The summed E-state index contributed by atoms with van der Waals surface area (Å²) in [5.74, 6) is 0.889. The molecule has 0 atom stereocenters. The molecule has 3 amide bonds. The summed E-state index contributed by atoms with van der Waals surface area (Å²) in [5.41, 5.74) is 2.99. The molecule has 2 saturated heterocycles. The average molecular weight is 361 g/mol. The summed E-state index contributed by atoms with van der Waals surface area (Å²) in [6.07, 6.45) is 0.969. The number of nitrogens with one attached hydrogen (secondary N) is 2. The number of amides is 3. The first-order chi connectivity index (χ1) is 12.4. The Labute approximate surface area is 154 Å². The summed E-state index contributed by atoms with van der Waals surface area (Å²) in [4.78, 5) is 25.3. The Hall–Kier alpha value is -2.44. The van der Waals surface area contributed by atoms with E-state index >= 15 is 0 Å². The number of carbonyl (C=O) groups is 2. The van der Waals surface area contributed by atoms with Crippen molar-refractivity contribution in [2.75, 3.05) is 32.8 Å². The molecule has 142 valence electrons. The molecule has 2 N–H and O–H groups in total. The number of hydrogen-bond acceptors (Lipinski definition) is 4. The van der Waals surface area contributed by atoms with Crippen molar-refractivity contribution in [3.05, 3.63) is 28.8 Å². The average Bonchev–Trinajstić information content (AvgIpc) is 2.94. The minimum absolute atomic E-state index is 0.0990. The van der Waals surface area contributed by atoms with Crippen molar-refractivity contribution in [2.24, 2.45) is 0 Å². The first kappa shape index (κ1) is 18.4. The minimum Gasteiger partial charge on any atom is -0.491 e. The van der Waals surface area contributed by atoms with E-state index < -0.39 is 5.60 Å². The smallest absolute Gasteiger partial charge is 0.407 e. The highest BCUT2D eigenvalue weighted by Gasteiger charge is 2.43. The molecule has 2 aliphatic heterocycles. The Kier molecular flexibility index (Phi) is 5.25. The molecule has 2 aliphatic rings. The Morgan fingerprint density at radius 1 is 1.27 bits per heavy atom. The van der Waals surface area contributed by atoms with Gasteiger partial charge in [-0.2, -0.15) is 0 Å². The first-order valence-corrected chi connectivity index (χ1v) is 9.09. The monoisotopic (exact) mass is 361 g/mol. The van der Waals surface area contributed by atoms with Crippen LogP contribution >= 0.6 is 0 Å². The zero-order valence-corrected chi connectivity index (χ0v) is 15.7. The number of likely N-dealkylation sites (tertiary alicyclic amines) is 1. The molecule has 2 heterocycles. The van der Waals surface area contributed by atoms with Crippen molar-refractivity contribution in [3.63, 3.8) is 0 Å². The Morgan fingerprint density at radius 2 is 1.92 bits per heavy atom. The van der Waals surface area contributed by atoms with E-state index in [4.69, 9.17) is 9.47 Å². The van der Waals surface area contributed by atoms with E-state index in [9.17, 15) is 9.59 Å². The predicted molar refractivity (Wildman–Crippen MR) is 97.6 cm³/mol. The van der Waals surface area contributed by atoms with Crippen molar-refractivity contribution in [3.8, 4) is 5.75 Å². The molecule has 26 heavy (non-hydrogen) atoms. The summed E-state index contributed by atoms with van der Waals surface area (Å²) in [6, 6.07) is 4.09. The fourth-order valence-electron chi connectivity index (χ4n) is 3.72. The second-order valence-corrected chi connectivity index (χ2v) is 7.22. The molecule has 0 aromatic heterocycles. The number of benzene rings is 1. The van der Waals surface area contributed by atoms with E-state index in [0.717, 1.165) is 16.9 Å². The summed E-state index contributed by atoms with van der Waals surface area (Å²) in [5, 5.41) is 5.60. The van der Waals surface area contributed by atoms with Gasteiger partial charge >= 0.3 is 12.1 Å². The first-order valence-electron chi connectivity index (χ1n) is 9.09. The van der Waals surface area contributed by atoms with E-state index in [0.29, 0.717) is 45.6 Å². The third kappa shape index (κ3) is 4.03. The largest absolute Gasteiger partial charge is 0.491 e. The zero-order valence-electron chi connectivity index (χ0n) is 15.7. The number of carbonyl (C=O) groups excluding carboxylic acids is 2. The molecule has 3 rings (SSSR count). The quantitative estimate of drug-likeness (QED) is 0.807. The van der Waals surface area contributed by atoms with Gasteiger partial charge in [0.15, 0.2) is 0 Å². The molecule has 2 fully saturated rings. The van der Waals surface area contributed by atoms with Gasteiger partial charge in [0.2, 0.25) is 0 Å². The van der Waals surface area contributed by atoms with Gasteiger partial charge in [-0.3, -0.25) is 0 Å². The van der Waals surface area contributed by atoms with E-state index in [2.05, 4.69) is 29.7 Å². The molecular formula is C19H27N3O4. The van der Waals surface area contributed by atoms with Gasteiger partial charge < -0.3 is 25.0 Å². The lowest BCUT2D eigenvalue weighted by molar-refractivity contribution is 0.00972. The van der Waals surface area contributed by atoms with Gasteiger partial charge in [0.05, 0.1) is 13.1 Å². The van der Waals surface area contributed by atoms with Crippen molar-refractivity contribution < 1.29 is 19.1 Å². The van der Waals surface area contributed by atoms with Gasteiger partial charge in [0, 0.05) is 25.9 Å². The van der Waals surface area contributed by atoms with Gasteiger partial charge in [-0.25, -0.2) is 9.59 Å². The summed E-state index contributed by atoms with van der Waals surface area (Å²) >= 11 is 0. The van der Waals surface area contributed by atoms with Gasteiger partial charge in [-0.05, 0) is 31.9 Å². The van der Waals surface area contributed by atoms with Crippen molar-refractivity contribution in [2.45, 2.75) is 39.2 Å². The second kappa shape index (κ2) is 7.43. The van der Waals surface area contributed by atoms with Crippen LogP contribution in [0.4, 0.5) is 9.59 Å². The van der Waals surface area contributed by atoms with Crippen LogP contribution in [0.25, 0.3) is 0 Å². The minimum atomic E-state index is -0.433. The van der Waals surface area contributed by atoms with Crippen LogP contribution in [0.3, 0.4) is 0 Å². The number of ether oxygens (including phenoxy) is 2. The van der Waals surface area contributed by atoms with Crippen LogP contribution in [-0.4, -0.2) is 55.4 Å². The molecular weight excluding hydrogens is 334 g/mol. The third-order valence-corrected chi connectivity index (χ3v) is 5.06. The van der Waals surface area contributed by atoms with Gasteiger partial charge in [-0.1, -0.05) is 17.7 Å².